The van der Waals surface area contributed by atoms with Crippen LogP contribution in [0, 0.1) is 0 Å². The molecule has 0 fully saturated rings. The summed E-state index contributed by atoms with van der Waals surface area (Å²) in [6, 6.07) is 5.93. The van der Waals surface area contributed by atoms with Gasteiger partial charge in [0.1, 0.15) is 5.75 Å². The third-order valence-corrected chi connectivity index (χ3v) is 3.56. The Morgan fingerprint density at radius 2 is 2.12 bits per heavy atom. The van der Waals surface area contributed by atoms with Crippen molar-refractivity contribution in [2.75, 3.05) is 0 Å². The number of carbonyl (C=O) groups excluding carboxylic acids is 1. The Bertz CT molecular complexity index is 423. The molecule has 0 radical (unpaired) electrons. The van der Waals surface area contributed by atoms with Crippen LogP contribution in [0.1, 0.15) is 61.9 Å². The highest BCUT2D eigenvalue weighted by Crippen LogP contribution is 2.38. The van der Waals surface area contributed by atoms with E-state index in [1.807, 2.05) is 12.1 Å². The van der Waals surface area contributed by atoms with Gasteiger partial charge >= 0.3 is 0 Å². The number of para-hydroxylation sites is 1. The van der Waals surface area contributed by atoms with Crippen molar-refractivity contribution < 1.29 is 9.53 Å². The van der Waals surface area contributed by atoms with E-state index in [1.165, 1.54) is 5.56 Å². The van der Waals surface area contributed by atoms with E-state index in [9.17, 15) is 4.79 Å². The van der Waals surface area contributed by atoms with Gasteiger partial charge in [0.05, 0.1) is 5.56 Å². The zero-order valence-electron chi connectivity index (χ0n) is 10.8. The Kier molecular flexibility index (Phi) is 3.51. The van der Waals surface area contributed by atoms with Gasteiger partial charge in [-0.2, -0.15) is 0 Å². The second-order valence-corrected chi connectivity index (χ2v) is 4.79. The molecule has 0 saturated heterocycles. The first kappa shape index (κ1) is 12.2. The van der Waals surface area contributed by atoms with Gasteiger partial charge in [0.25, 0.3) is 0 Å². The standard InChI is InChI=1S/C15H20O2/c1-4-7-13-14(16)12-9-6-8-11(10(3)5-2)15(12)17-13/h6,8-10,13H,4-5,7H2,1-3H3. The minimum Gasteiger partial charge on any atom is -0.481 e. The van der Waals surface area contributed by atoms with Gasteiger partial charge in [0.2, 0.25) is 5.78 Å². The Hall–Kier alpha value is -1.31. The van der Waals surface area contributed by atoms with E-state index in [2.05, 4.69) is 26.8 Å². The largest absolute Gasteiger partial charge is 0.481 e. The van der Waals surface area contributed by atoms with Gasteiger partial charge in [0.15, 0.2) is 6.10 Å². The maximum Gasteiger partial charge on any atom is 0.207 e. The lowest BCUT2D eigenvalue weighted by Gasteiger charge is -2.14. The molecule has 1 heterocycles. The molecular formula is C15H20O2. The van der Waals surface area contributed by atoms with Crippen LogP contribution >= 0.6 is 0 Å². The van der Waals surface area contributed by atoms with Crippen LogP contribution in [-0.2, 0) is 0 Å². The van der Waals surface area contributed by atoms with E-state index in [4.69, 9.17) is 4.74 Å². The summed E-state index contributed by atoms with van der Waals surface area (Å²) in [5.74, 6) is 1.44. The highest BCUT2D eigenvalue weighted by molar-refractivity contribution is 6.05. The summed E-state index contributed by atoms with van der Waals surface area (Å²) in [5, 5.41) is 0. The fourth-order valence-electron chi connectivity index (χ4n) is 2.31. The molecule has 0 saturated carbocycles. The van der Waals surface area contributed by atoms with E-state index in [0.29, 0.717) is 5.92 Å². The Balaban J connectivity index is 2.36. The molecule has 0 bridgehead atoms. The maximum absolute atomic E-state index is 12.1. The normalized spacial score (nSPS) is 19.9. The molecule has 1 aliphatic rings. The van der Waals surface area contributed by atoms with Gasteiger partial charge in [-0.05, 0) is 30.4 Å². The van der Waals surface area contributed by atoms with E-state index in [-0.39, 0.29) is 11.9 Å². The molecular weight excluding hydrogens is 212 g/mol. The molecule has 0 aromatic heterocycles. The van der Waals surface area contributed by atoms with Crippen LogP contribution in [0.5, 0.6) is 5.75 Å². The zero-order chi connectivity index (χ0) is 12.4. The van der Waals surface area contributed by atoms with Gasteiger partial charge in [-0.15, -0.1) is 0 Å². The Labute approximate surface area is 103 Å². The molecule has 1 aliphatic heterocycles. The first-order valence-electron chi connectivity index (χ1n) is 6.52. The van der Waals surface area contributed by atoms with E-state index in [1.54, 1.807) is 0 Å². The first-order valence-corrected chi connectivity index (χ1v) is 6.52. The van der Waals surface area contributed by atoms with Gasteiger partial charge in [-0.25, -0.2) is 0 Å². The van der Waals surface area contributed by atoms with Crippen LogP contribution in [0.15, 0.2) is 18.2 Å². The summed E-state index contributed by atoms with van der Waals surface area (Å²) >= 11 is 0. The summed E-state index contributed by atoms with van der Waals surface area (Å²) < 4.78 is 5.86. The fourth-order valence-corrected chi connectivity index (χ4v) is 2.31. The molecule has 92 valence electrons. The third-order valence-electron chi connectivity index (χ3n) is 3.56. The van der Waals surface area contributed by atoms with Gasteiger partial charge in [0, 0.05) is 0 Å². The molecule has 2 unspecified atom stereocenters. The summed E-state index contributed by atoms with van der Waals surface area (Å²) in [4.78, 5) is 12.1. The minimum atomic E-state index is -0.250. The number of fused-ring (bicyclic) bond motifs is 1. The van der Waals surface area contributed by atoms with Crippen molar-refractivity contribution >= 4 is 5.78 Å². The van der Waals surface area contributed by atoms with Crippen molar-refractivity contribution in [3.63, 3.8) is 0 Å². The van der Waals surface area contributed by atoms with Crippen LogP contribution in [0.25, 0.3) is 0 Å². The molecule has 2 atom stereocenters. The number of rotatable bonds is 4. The number of ketones is 1. The molecule has 1 aromatic carbocycles. The summed E-state index contributed by atoms with van der Waals surface area (Å²) in [7, 11) is 0. The fraction of sp³-hybridized carbons (Fsp3) is 0.533. The van der Waals surface area contributed by atoms with Crippen LogP contribution in [0.2, 0.25) is 0 Å². The minimum absolute atomic E-state index is 0.159. The van der Waals surface area contributed by atoms with Crippen molar-refractivity contribution in [2.45, 2.75) is 52.1 Å². The summed E-state index contributed by atoms with van der Waals surface area (Å²) in [6.45, 7) is 6.41. The van der Waals surface area contributed by atoms with Gasteiger partial charge in [-0.3, -0.25) is 4.79 Å². The number of carbonyl (C=O) groups is 1. The lowest BCUT2D eigenvalue weighted by atomic mass is 9.94. The van der Waals surface area contributed by atoms with Crippen molar-refractivity contribution in [3.8, 4) is 5.75 Å². The highest BCUT2D eigenvalue weighted by atomic mass is 16.5. The van der Waals surface area contributed by atoms with E-state index < -0.39 is 0 Å². The summed E-state index contributed by atoms with van der Waals surface area (Å²) in [5.41, 5.74) is 1.96. The molecule has 17 heavy (non-hydrogen) atoms. The number of ether oxygens (including phenoxy) is 1. The number of Topliss-reactive ketones (excluding diaryl/α,β-unsaturated/α-hetero) is 1. The molecule has 2 heteroatoms. The van der Waals surface area contributed by atoms with Crippen LogP contribution < -0.4 is 4.74 Å². The first-order chi connectivity index (χ1) is 8.19. The quantitative estimate of drug-likeness (QED) is 0.785. The number of hydrogen-bond acceptors (Lipinski definition) is 2. The number of hydrogen-bond donors (Lipinski definition) is 0. The maximum atomic E-state index is 12.1. The predicted octanol–water partition coefficient (Wildman–Crippen LogP) is 3.94. The van der Waals surface area contributed by atoms with Crippen molar-refractivity contribution in [1.82, 2.24) is 0 Å². The third kappa shape index (κ3) is 2.08. The van der Waals surface area contributed by atoms with E-state index in [0.717, 1.165) is 30.6 Å². The molecule has 2 nitrogen and oxygen atoms in total. The van der Waals surface area contributed by atoms with Gasteiger partial charge in [-0.1, -0.05) is 39.3 Å². The average molecular weight is 232 g/mol. The Morgan fingerprint density at radius 1 is 1.35 bits per heavy atom. The second kappa shape index (κ2) is 4.91. The molecule has 2 rings (SSSR count). The number of benzene rings is 1. The monoisotopic (exact) mass is 232 g/mol. The highest BCUT2D eigenvalue weighted by Gasteiger charge is 2.33. The zero-order valence-corrected chi connectivity index (χ0v) is 10.8. The van der Waals surface area contributed by atoms with E-state index >= 15 is 0 Å². The summed E-state index contributed by atoms with van der Waals surface area (Å²) in [6.07, 6.45) is 2.60. The van der Waals surface area contributed by atoms with Crippen LogP contribution in [0.3, 0.4) is 0 Å². The topological polar surface area (TPSA) is 26.3 Å². The molecule has 0 aliphatic carbocycles. The predicted molar refractivity (Wildman–Crippen MR) is 68.8 cm³/mol. The molecule has 0 N–H and O–H groups in total. The van der Waals surface area contributed by atoms with Crippen molar-refractivity contribution in [1.29, 1.82) is 0 Å². The van der Waals surface area contributed by atoms with Crippen LogP contribution in [-0.4, -0.2) is 11.9 Å². The lowest BCUT2D eigenvalue weighted by molar-refractivity contribution is 0.0844. The van der Waals surface area contributed by atoms with Crippen LogP contribution in [0.4, 0.5) is 0 Å². The van der Waals surface area contributed by atoms with Crippen molar-refractivity contribution in [3.05, 3.63) is 29.3 Å². The smallest absolute Gasteiger partial charge is 0.207 e. The SMILES string of the molecule is CCCC1Oc2c(cccc2C(C)CC)C1=O. The van der Waals surface area contributed by atoms with Crippen molar-refractivity contribution in [2.24, 2.45) is 0 Å². The Morgan fingerprint density at radius 3 is 2.76 bits per heavy atom. The average Bonchev–Trinajstić information content (AvgIpc) is 2.66. The second-order valence-electron chi connectivity index (χ2n) is 4.79. The molecule has 1 aromatic rings. The molecule has 0 amide bonds. The van der Waals surface area contributed by atoms with Gasteiger partial charge < -0.3 is 4.74 Å². The molecule has 0 spiro atoms. The lowest BCUT2D eigenvalue weighted by Crippen LogP contribution is -2.19.